The Bertz CT molecular complexity index is 877. The molecular formula is C20H24N2O5S. The number of rotatable bonds is 7. The molecule has 0 spiro atoms. The van der Waals surface area contributed by atoms with Gasteiger partial charge >= 0.3 is 5.97 Å². The highest BCUT2D eigenvalue weighted by molar-refractivity contribution is 7.89. The lowest BCUT2D eigenvalue weighted by Crippen LogP contribution is -2.40. The van der Waals surface area contributed by atoms with Crippen molar-refractivity contribution in [2.24, 2.45) is 5.92 Å². The van der Waals surface area contributed by atoms with E-state index in [9.17, 15) is 13.2 Å². The van der Waals surface area contributed by atoms with Crippen molar-refractivity contribution in [1.29, 1.82) is 0 Å². The van der Waals surface area contributed by atoms with Crippen molar-refractivity contribution in [3.63, 3.8) is 0 Å². The van der Waals surface area contributed by atoms with Gasteiger partial charge in [-0.25, -0.2) is 8.42 Å². The van der Waals surface area contributed by atoms with E-state index in [0.717, 1.165) is 0 Å². The molecule has 0 radical (unpaired) electrons. The van der Waals surface area contributed by atoms with Crippen molar-refractivity contribution in [3.8, 4) is 5.75 Å². The Morgan fingerprint density at radius 1 is 1.14 bits per heavy atom. The number of carbonyl (C=O) groups is 1. The fourth-order valence-corrected chi connectivity index (χ4v) is 4.57. The normalized spacial score (nSPS) is 15.9. The molecule has 2 heterocycles. The molecule has 1 aromatic heterocycles. The zero-order valence-corrected chi connectivity index (χ0v) is 16.6. The summed E-state index contributed by atoms with van der Waals surface area (Å²) in [6, 6.07) is 11.8. The Balaban J connectivity index is 1.54. The zero-order chi connectivity index (χ0) is 20.0. The SMILES string of the molecule is CCOc1ccc(S(=O)(=O)N2CCC(C(=O)OCc3ccccn3)CC2)cc1. The molecule has 2 aromatic rings. The largest absolute Gasteiger partial charge is 0.494 e. The highest BCUT2D eigenvalue weighted by Crippen LogP contribution is 2.26. The molecule has 1 aliphatic rings. The highest BCUT2D eigenvalue weighted by atomic mass is 32.2. The van der Waals surface area contributed by atoms with Crippen molar-refractivity contribution in [2.45, 2.75) is 31.3 Å². The van der Waals surface area contributed by atoms with Gasteiger partial charge in [-0.1, -0.05) is 6.07 Å². The van der Waals surface area contributed by atoms with Gasteiger partial charge in [0, 0.05) is 19.3 Å². The van der Waals surface area contributed by atoms with E-state index in [2.05, 4.69) is 4.98 Å². The lowest BCUT2D eigenvalue weighted by atomic mass is 9.98. The van der Waals surface area contributed by atoms with Crippen LogP contribution in [0.5, 0.6) is 5.75 Å². The summed E-state index contributed by atoms with van der Waals surface area (Å²) >= 11 is 0. The number of ether oxygens (including phenoxy) is 2. The first-order chi connectivity index (χ1) is 13.5. The monoisotopic (exact) mass is 404 g/mol. The maximum Gasteiger partial charge on any atom is 0.309 e. The summed E-state index contributed by atoms with van der Waals surface area (Å²) in [5.41, 5.74) is 0.686. The molecule has 0 atom stereocenters. The summed E-state index contributed by atoms with van der Waals surface area (Å²) < 4.78 is 37.7. The Morgan fingerprint density at radius 2 is 1.86 bits per heavy atom. The molecule has 28 heavy (non-hydrogen) atoms. The van der Waals surface area contributed by atoms with Gasteiger partial charge in [0.05, 0.1) is 23.1 Å². The predicted molar refractivity (Wildman–Crippen MR) is 103 cm³/mol. The van der Waals surface area contributed by atoms with Crippen LogP contribution in [0.1, 0.15) is 25.5 Å². The quantitative estimate of drug-likeness (QED) is 0.660. The maximum absolute atomic E-state index is 12.8. The van der Waals surface area contributed by atoms with Crippen molar-refractivity contribution in [3.05, 3.63) is 54.4 Å². The van der Waals surface area contributed by atoms with Gasteiger partial charge < -0.3 is 9.47 Å². The molecule has 3 rings (SSSR count). The number of carbonyl (C=O) groups excluding carboxylic acids is 1. The summed E-state index contributed by atoms with van der Waals surface area (Å²) in [5, 5.41) is 0. The van der Waals surface area contributed by atoms with Crippen LogP contribution in [0.25, 0.3) is 0 Å². The van der Waals surface area contributed by atoms with Crippen LogP contribution < -0.4 is 4.74 Å². The third kappa shape index (κ3) is 4.88. The van der Waals surface area contributed by atoms with Gasteiger partial charge in [0.1, 0.15) is 12.4 Å². The second-order valence-electron chi connectivity index (χ2n) is 6.51. The molecule has 0 aliphatic carbocycles. The van der Waals surface area contributed by atoms with E-state index < -0.39 is 10.0 Å². The van der Waals surface area contributed by atoms with Crippen LogP contribution in [-0.4, -0.2) is 43.4 Å². The third-order valence-corrected chi connectivity index (χ3v) is 6.56. The third-order valence-electron chi connectivity index (χ3n) is 4.65. The maximum atomic E-state index is 12.8. The van der Waals surface area contributed by atoms with Gasteiger partial charge in [0.2, 0.25) is 10.0 Å². The number of pyridine rings is 1. The molecule has 150 valence electrons. The molecule has 0 N–H and O–H groups in total. The topological polar surface area (TPSA) is 85.8 Å². The number of nitrogens with zero attached hydrogens (tertiary/aromatic N) is 2. The number of hydrogen-bond donors (Lipinski definition) is 0. The van der Waals surface area contributed by atoms with Gasteiger partial charge in [-0.05, 0) is 56.2 Å². The van der Waals surface area contributed by atoms with Crippen LogP contribution in [0, 0.1) is 5.92 Å². The van der Waals surface area contributed by atoms with Crippen LogP contribution in [0.15, 0.2) is 53.6 Å². The standard InChI is InChI=1S/C20H24N2O5S/c1-2-26-18-6-8-19(9-7-18)28(24,25)22-13-10-16(11-14-22)20(23)27-15-17-5-3-4-12-21-17/h3-9,12,16H,2,10-11,13-15H2,1H3. The summed E-state index contributed by atoms with van der Waals surface area (Å²) in [6.07, 6.45) is 2.53. The fraction of sp³-hybridized carbons (Fsp3) is 0.400. The number of piperidine rings is 1. The van der Waals surface area contributed by atoms with E-state index in [0.29, 0.717) is 44.0 Å². The van der Waals surface area contributed by atoms with Crippen LogP contribution in [0.3, 0.4) is 0 Å². The number of sulfonamides is 1. The second kappa shape index (κ2) is 9.16. The minimum absolute atomic E-state index is 0.129. The number of esters is 1. The second-order valence-corrected chi connectivity index (χ2v) is 8.45. The van der Waals surface area contributed by atoms with Crippen molar-refractivity contribution < 1.29 is 22.7 Å². The molecule has 1 saturated heterocycles. The molecule has 8 heteroatoms. The van der Waals surface area contributed by atoms with Crippen LogP contribution in [0.4, 0.5) is 0 Å². The Labute approximate surface area is 165 Å². The van der Waals surface area contributed by atoms with Crippen molar-refractivity contribution in [2.75, 3.05) is 19.7 Å². The summed E-state index contributed by atoms with van der Waals surface area (Å²) in [6.45, 7) is 3.11. The zero-order valence-electron chi connectivity index (χ0n) is 15.8. The molecule has 0 unspecified atom stereocenters. The van der Waals surface area contributed by atoms with E-state index >= 15 is 0 Å². The number of aromatic nitrogens is 1. The first-order valence-electron chi connectivity index (χ1n) is 9.30. The highest BCUT2D eigenvalue weighted by Gasteiger charge is 2.32. The Morgan fingerprint density at radius 3 is 2.46 bits per heavy atom. The van der Waals surface area contributed by atoms with Crippen LogP contribution in [0.2, 0.25) is 0 Å². The average Bonchev–Trinajstić information content (AvgIpc) is 2.73. The Kier molecular flexibility index (Phi) is 6.64. The van der Waals surface area contributed by atoms with Crippen LogP contribution in [-0.2, 0) is 26.2 Å². The van der Waals surface area contributed by atoms with Gasteiger partial charge in [0.15, 0.2) is 0 Å². The molecule has 1 aliphatic heterocycles. The first-order valence-corrected chi connectivity index (χ1v) is 10.7. The van der Waals surface area contributed by atoms with Gasteiger partial charge in [0.25, 0.3) is 0 Å². The van der Waals surface area contributed by atoms with Gasteiger partial charge in [-0.15, -0.1) is 0 Å². The molecule has 0 bridgehead atoms. The minimum Gasteiger partial charge on any atom is -0.494 e. The Hall–Kier alpha value is -2.45. The lowest BCUT2D eigenvalue weighted by molar-refractivity contribution is -0.151. The first kappa shape index (κ1) is 20.3. The van der Waals surface area contributed by atoms with E-state index in [-0.39, 0.29) is 23.4 Å². The van der Waals surface area contributed by atoms with E-state index in [1.807, 2.05) is 13.0 Å². The molecule has 1 aromatic carbocycles. The summed E-state index contributed by atoms with van der Waals surface area (Å²) in [5.74, 6) is 0.0371. The van der Waals surface area contributed by atoms with Gasteiger partial charge in [-0.2, -0.15) is 4.31 Å². The number of hydrogen-bond acceptors (Lipinski definition) is 6. The minimum atomic E-state index is -3.58. The number of benzene rings is 1. The summed E-state index contributed by atoms with van der Waals surface area (Å²) in [7, 11) is -3.58. The molecular weight excluding hydrogens is 380 g/mol. The summed E-state index contributed by atoms with van der Waals surface area (Å²) in [4.78, 5) is 16.6. The molecule has 0 saturated carbocycles. The van der Waals surface area contributed by atoms with Crippen molar-refractivity contribution in [1.82, 2.24) is 9.29 Å². The average molecular weight is 404 g/mol. The fourth-order valence-electron chi connectivity index (χ4n) is 3.10. The molecule has 7 nitrogen and oxygen atoms in total. The predicted octanol–water partition coefficient (Wildman–Crippen LogP) is 2.62. The van der Waals surface area contributed by atoms with E-state index in [1.165, 1.54) is 4.31 Å². The smallest absolute Gasteiger partial charge is 0.309 e. The molecule has 0 amide bonds. The van der Waals surface area contributed by atoms with E-state index in [4.69, 9.17) is 9.47 Å². The van der Waals surface area contributed by atoms with E-state index in [1.54, 1.807) is 42.6 Å². The lowest BCUT2D eigenvalue weighted by Gasteiger charge is -2.30. The van der Waals surface area contributed by atoms with Crippen molar-refractivity contribution >= 4 is 16.0 Å². The van der Waals surface area contributed by atoms with Gasteiger partial charge in [-0.3, -0.25) is 9.78 Å². The molecule has 1 fully saturated rings. The van der Waals surface area contributed by atoms with Crippen LogP contribution >= 0.6 is 0 Å².